The van der Waals surface area contributed by atoms with E-state index in [9.17, 15) is 9.59 Å². The van der Waals surface area contributed by atoms with E-state index in [0.29, 0.717) is 17.0 Å². The molecule has 0 saturated carbocycles. The average Bonchev–Trinajstić information content (AvgIpc) is 2.98. The number of fused-ring (bicyclic) bond motifs is 1. The van der Waals surface area contributed by atoms with Gasteiger partial charge in [0, 0.05) is 10.0 Å². The number of carbonyl (C=O) groups excluding carboxylic acids is 2. The first-order valence-electron chi connectivity index (χ1n) is 8.64. The fourth-order valence-corrected chi connectivity index (χ4v) is 4.18. The van der Waals surface area contributed by atoms with Crippen LogP contribution in [0.25, 0.3) is 10.2 Å². The first-order valence-corrected chi connectivity index (χ1v) is 10.2. The second kappa shape index (κ2) is 8.63. The van der Waals surface area contributed by atoms with Crippen LogP contribution in [0, 0.1) is 0 Å². The van der Waals surface area contributed by atoms with Crippen LogP contribution in [0.5, 0.6) is 0 Å². The Bertz CT molecular complexity index is 1070. The number of benzene rings is 2. The van der Waals surface area contributed by atoms with Crippen molar-refractivity contribution in [3.8, 4) is 0 Å². The van der Waals surface area contributed by atoms with Crippen LogP contribution in [0.1, 0.15) is 29.8 Å². The zero-order chi connectivity index (χ0) is 19.4. The van der Waals surface area contributed by atoms with E-state index >= 15 is 0 Å². The molecule has 0 aliphatic rings. The Hall–Kier alpha value is -2.25. The molecule has 1 aromatic heterocycles. The summed E-state index contributed by atoms with van der Waals surface area (Å²) in [5, 5.41) is 0. The number of halogens is 1. The largest absolute Gasteiger partial charge is 0.465 e. The van der Waals surface area contributed by atoms with Gasteiger partial charge in [0.2, 0.25) is 0 Å². The van der Waals surface area contributed by atoms with Crippen LogP contribution in [0.4, 0.5) is 0 Å². The van der Waals surface area contributed by atoms with Crippen LogP contribution in [0.2, 0.25) is 0 Å². The fraction of sp³-hybridized carbons (Fsp3) is 0.250. The summed E-state index contributed by atoms with van der Waals surface area (Å²) >= 11 is 4.76. The van der Waals surface area contributed by atoms with Gasteiger partial charge in [0.05, 0.1) is 16.8 Å². The molecule has 0 bridgehead atoms. The van der Waals surface area contributed by atoms with Crippen LogP contribution >= 0.6 is 27.3 Å². The van der Waals surface area contributed by atoms with Crippen molar-refractivity contribution in [2.24, 2.45) is 4.99 Å². The number of thiazole rings is 1. The molecule has 2 aromatic carbocycles. The van der Waals surface area contributed by atoms with E-state index in [1.165, 1.54) is 16.9 Å². The molecule has 0 unspecified atom stereocenters. The molecule has 1 amide bonds. The second-order valence-corrected chi connectivity index (χ2v) is 7.78. The van der Waals surface area contributed by atoms with Crippen molar-refractivity contribution in [1.29, 1.82) is 0 Å². The number of aryl methyl sites for hydroxylation is 1. The number of ether oxygens (including phenoxy) is 1. The predicted octanol–water partition coefficient (Wildman–Crippen LogP) is 4.33. The molecule has 0 aliphatic heterocycles. The van der Waals surface area contributed by atoms with Gasteiger partial charge in [-0.2, -0.15) is 4.99 Å². The van der Waals surface area contributed by atoms with Gasteiger partial charge in [0.1, 0.15) is 6.54 Å². The van der Waals surface area contributed by atoms with E-state index in [1.54, 1.807) is 29.7 Å². The lowest BCUT2D eigenvalue weighted by molar-refractivity contribution is -0.143. The van der Waals surface area contributed by atoms with Crippen LogP contribution < -0.4 is 4.80 Å². The van der Waals surface area contributed by atoms with Crippen molar-refractivity contribution >= 4 is 49.4 Å². The first-order chi connectivity index (χ1) is 13.0. The highest BCUT2D eigenvalue weighted by molar-refractivity contribution is 9.10. The maximum absolute atomic E-state index is 12.6. The lowest BCUT2D eigenvalue weighted by atomic mass is 10.2. The smallest absolute Gasteiger partial charge is 0.326 e. The minimum absolute atomic E-state index is 0.0178. The summed E-state index contributed by atoms with van der Waals surface area (Å²) in [7, 11) is 0. The Morgan fingerprint density at radius 1 is 1.19 bits per heavy atom. The van der Waals surface area contributed by atoms with Crippen molar-refractivity contribution in [2.45, 2.75) is 26.8 Å². The number of hydrogen-bond acceptors (Lipinski definition) is 4. The zero-order valence-corrected chi connectivity index (χ0v) is 17.5. The van der Waals surface area contributed by atoms with E-state index < -0.39 is 0 Å². The summed E-state index contributed by atoms with van der Waals surface area (Å²) in [6, 6.07) is 13.1. The van der Waals surface area contributed by atoms with Gasteiger partial charge in [-0.1, -0.05) is 46.3 Å². The number of carbonyl (C=O) groups is 2. The Kier molecular flexibility index (Phi) is 6.23. The van der Waals surface area contributed by atoms with Gasteiger partial charge in [-0.25, -0.2) is 0 Å². The van der Waals surface area contributed by atoms with E-state index in [-0.39, 0.29) is 18.4 Å². The van der Waals surface area contributed by atoms with Crippen molar-refractivity contribution in [1.82, 2.24) is 4.57 Å². The summed E-state index contributed by atoms with van der Waals surface area (Å²) < 4.78 is 8.62. The summed E-state index contributed by atoms with van der Waals surface area (Å²) in [6.07, 6.45) is 0.912. The van der Waals surface area contributed by atoms with Gasteiger partial charge in [-0.15, -0.1) is 0 Å². The summed E-state index contributed by atoms with van der Waals surface area (Å²) in [5.74, 6) is -0.704. The van der Waals surface area contributed by atoms with Gasteiger partial charge in [-0.05, 0) is 49.2 Å². The third-order valence-corrected chi connectivity index (χ3v) is 5.55. The van der Waals surface area contributed by atoms with E-state index in [0.717, 1.165) is 21.1 Å². The SMILES string of the molecule is CCOC(=O)Cn1c(=NC(=O)c2cccc(Br)c2)sc2cc(CC)ccc21. The molecule has 0 fully saturated rings. The number of aromatic nitrogens is 1. The number of rotatable bonds is 5. The molecule has 0 radical (unpaired) electrons. The van der Waals surface area contributed by atoms with Gasteiger partial charge in [-0.3, -0.25) is 9.59 Å². The third kappa shape index (κ3) is 4.54. The monoisotopic (exact) mass is 446 g/mol. The minimum Gasteiger partial charge on any atom is -0.465 e. The van der Waals surface area contributed by atoms with E-state index in [2.05, 4.69) is 33.9 Å². The van der Waals surface area contributed by atoms with Gasteiger partial charge >= 0.3 is 5.97 Å². The van der Waals surface area contributed by atoms with Crippen molar-refractivity contribution in [3.05, 3.63) is 62.9 Å². The van der Waals surface area contributed by atoms with Crippen LogP contribution in [0.15, 0.2) is 51.9 Å². The highest BCUT2D eigenvalue weighted by atomic mass is 79.9. The molecule has 0 saturated heterocycles. The molecule has 3 rings (SSSR count). The minimum atomic E-state index is -0.354. The van der Waals surface area contributed by atoms with Gasteiger partial charge in [0.25, 0.3) is 5.91 Å². The number of hydrogen-bond donors (Lipinski definition) is 0. The van der Waals surface area contributed by atoms with Crippen molar-refractivity contribution in [2.75, 3.05) is 6.61 Å². The molecule has 0 N–H and O–H groups in total. The fourth-order valence-electron chi connectivity index (χ4n) is 2.68. The standard InChI is InChI=1S/C20H19BrN2O3S/c1-3-13-8-9-16-17(10-13)27-20(23(16)12-18(24)26-4-2)22-19(25)14-6-5-7-15(21)11-14/h5-11H,3-4,12H2,1-2H3. The van der Waals surface area contributed by atoms with E-state index in [4.69, 9.17) is 4.74 Å². The lowest BCUT2D eigenvalue weighted by Crippen LogP contribution is -2.23. The summed E-state index contributed by atoms with van der Waals surface area (Å²) in [5.41, 5.74) is 2.54. The second-order valence-electron chi connectivity index (χ2n) is 5.86. The molecule has 0 aliphatic carbocycles. The normalized spacial score (nSPS) is 11.7. The molecule has 1 heterocycles. The quantitative estimate of drug-likeness (QED) is 0.547. The van der Waals surface area contributed by atoms with Crippen LogP contribution in [-0.4, -0.2) is 23.1 Å². The van der Waals surface area contributed by atoms with Crippen molar-refractivity contribution in [3.63, 3.8) is 0 Å². The summed E-state index contributed by atoms with van der Waals surface area (Å²) in [6.45, 7) is 4.18. The zero-order valence-electron chi connectivity index (χ0n) is 15.1. The molecule has 7 heteroatoms. The molecule has 140 valence electrons. The highest BCUT2D eigenvalue weighted by Gasteiger charge is 2.13. The van der Waals surface area contributed by atoms with Crippen LogP contribution in [0.3, 0.4) is 0 Å². The number of nitrogens with zero attached hydrogens (tertiary/aromatic N) is 2. The third-order valence-electron chi connectivity index (χ3n) is 4.02. The Morgan fingerprint density at radius 2 is 2.00 bits per heavy atom. The topological polar surface area (TPSA) is 60.7 Å². The molecule has 5 nitrogen and oxygen atoms in total. The highest BCUT2D eigenvalue weighted by Crippen LogP contribution is 2.20. The molecule has 0 atom stereocenters. The molecule has 0 spiro atoms. The van der Waals surface area contributed by atoms with Gasteiger partial charge < -0.3 is 9.30 Å². The lowest BCUT2D eigenvalue weighted by Gasteiger charge is -2.05. The number of esters is 1. The molecular weight excluding hydrogens is 428 g/mol. The molecular formula is C20H19BrN2O3S. The Morgan fingerprint density at radius 3 is 2.70 bits per heavy atom. The number of amides is 1. The maximum atomic E-state index is 12.6. The summed E-state index contributed by atoms with van der Waals surface area (Å²) in [4.78, 5) is 29.5. The average molecular weight is 447 g/mol. The van der Waals surface area contributed by atoms with Crippen LogP contribution in [-0.2, 0) is 22.5 Å². The predicted molar refractivity (Wildman–Crippen MR) is 110 cm³/mol. The Labute approximate surface area is 169 Å². The van der Waals surface area contributed by atoms with Gasteiger partial charge in [0.15, 0.2) is 4.80 Å². The van der Waals surface area contributed by atoms with E-state index in [1.807, 2.05) is 18.2 Å². The maximum Gasteiger partial charge on any atom is 0.326 e. The molecule has 3 aromatic rings. The molecule has 27 heavy (non-hydrogen) atoms. The van der Waals surface area contributed by atoms with Crippen molar-refractivity contribution < 1.29 is 14.3 Å². The Balaban J connectivity index is 2.11. The first kappa shape index (κ1) is 19.5.